The van der Waals surface area contributed by atoms with E-state index >= 15 is 0 Å². The molecule has 0 radical (unpaired) electrons. The van der Waals surface area contributed by atoms with E-state index in [4.69, 9.17) is 13.9 Å². The van der Waals surface area contributed by atoms with Crippen LogP contribution in [0, 0.1) is 5.82 Å². The van der Waals surface area contributed by atoms with Crippen molar-refractivity contribution >= 4 is 22.7 Å². The second-order valence-electron chi connectivity index (χ2n) is 8.10. The first kappa shape index (κ1) is 21.2. The van der Waals surface area contributed by atoms with E-state index in [0.29, 0.717) is 23.3 Å². The van der Waals surface area contributed by atoms with Crippen LogP contribution in [-0.4, -0.2) is 48.1 Å². The van der Waals surface area contributed by atoms with Crippen LogP contribution in [0.3, 0.4) is 0 Å². The van der Waals surface area contributed by atoms with Gasteiger partial charge in [-0.3, -0.25) is 9.59 Å². The highest BCUT2D eigenvalue weighted by Gasteiger charge is 2.46. The number of hydrogen-bond acceptors (Lipinski definition) is 6. The summed E-state index contributed by atoms with van der Waals surface area (Å²) in [5.41, 5.74) is 0.262. The van der Waals surface area contributed by atoms with Gasteiger partial charge < -0.3 is 23.9 Å². The number of carbonyl (C=O) groups excluding carboxylic acids is 2. The monoisotopic (exact) mass is 451 g/mol. The molecule has 3 aromatic rings. The van der Waals surface area contributed by atoms with E-state index < -0.39 is 29.3 Å². The minimum Gasteiger partial charge on any atom is -0.503 e. The smallest absolute Gasteiger partial charge is 0.290 e. The SMILES string of the molecule is COc1cccc2cc(C(=O)C3=C(O)C(=O)N(CC4CCCO4)C3c3ccccc3F)oc12. The fourth-order valence-corrected chi connectivity index (χ4v) is 4.54. The number of methoxy groups -OCH3 is 1. The number of fused-ring (bicyclic) bond motifs is 1. The Bertz CT molecular complexity index is 1270. The summed E-state index contributed by atoms with van der Waals surface area (Å²) in [7, 11) is 1.49. The Labute approximate surface area is 189 Å². The highest BCUT2D eigenvalue weighted by Crippen LogP contribution is 2.41. The first-order valence-electron chi connectivity index (χ1n) is 10.7. The number of amides is 1. The third-order valence-corrected chi connectivity index (χ3v) is 6.12. The van der Waals surface area contributed by atoms with Gasteiger partial charge >= 0.3 is 0 Å². The lowest BCUT2D eigenvalue weighted by Gasteiger charge is -2.29. The van der Waals surface area contributed by atoms with Crippen LogP contribution in [0.25, 0.3) is 11.0 Å². The molecule has 1 saturated heterocycles. The minimum absolute atomic E-state index is 0.0795. The first-order valence-corrected chi connectivity index (χ1v) is 10.7. The van der Waals surface area contributed by atoms with Gasteiger partial charge in [-0.25, -0.2) is 4.39 Å². The van der Waals surface area contributed by atoms with Crippen LogP contribution in [-0.2, 0) is 9.53 Å². The second kappa shape index (κ2) is 8.37. The summed E-state index contributed by atoms with van der Waals surface area (Å²) >= 11 is 0. The van der Waals surface area contributed by atoms with Crippen LogP contribution in [0.4, 0.5) is 4.39 Å². The van der Waals surface area contributed by atoms with Gasteiger partial charge in [0.1, 0.15) is 5.82 Å². The number of ketones is 1. The highest BCUT2D eigenvalue weighted by atomic mass is 19.1. The van der Waals surface area contributed by atoms with Crippen LogP contribution in [0.15, 0.2) is 64.3 Å². The highest BCUT2D eigenvalue weighted by molar-refractivity contribution is 6.16. The Morgan fingerprint density at radius 1 is 1.24 bits per heavy atom. The maximum absolute atomic E-state index is 14.9. The van der Waals surface area contributed by atoms with Gasteiger partial charge in [-0.15, -0.1) is 0 Å². The number of ether oxygens (including phenoxy) is 2. The number of furan rings is 1. The molecule has 2 aliphatic rings. The number of benzene rings is 2. The molecule has 1 N–H and O–H groups in total. The normalized spacial score (nSPS) is 20.8. The molecule has 1 amide bonds. The summed E-state index contributed by atoms with van der Waals surface area (Å²) in [6, 6.07) is 11.5. The number of carbonyl (C=O) groups is 2. The van der Waals surface area contributed by atoms with Crippen molar-refractivity contribution < 1.29 is 33.0 Å². The summed E-state index contributed by atoms with van der Waals surface area (Å²) in [6.45, 7) is 0.704. The Kier molecular flexibility index (Phi) is 5.38. The fraction of sp³-hybridized carbons (Fsp3) is 0.280. The molecule has 1 aromatic heterocycles. The van der Waals surface area contributed by atoms with Crippen LogP contribution in [0.5, 0.6) is 5.75 Å². The van der Waals surface area contributed by atoms with E-state index in [1.165, 1.54) is 36.3 Å². The van der Waals surface area contributed by atoms with Crippen molar-refractivity contribution in [3.63, 3.8) is 0 Å². The maximum Gasteiger partial charge on any atom is 0.290 e. The Morgan fingerprint density at radius 2 is 2.06 bits per heavy atom. The predicted octanol–water partition coefficient (Wildman–Crippen LogP) is 4.34. The molecular weight excluding hydrogens is 429 g/mol. The maximum atomic E-state index is 14.9. The summed E-state index contributed by atoms with van der Waals surface area (Å²) in [4.78, 5) is 27.9. The van der Waals surface area contributed by atoms with Gasteiger partial charge in [0.2, 0.25) is 5.78 Å². The average molecular weight is 451 g/mol. The van der Waals surface area contributed by atoms with E-state index in [2.05, 4.69) is 0 Å². The number of Topliss-reactive ketones (excluding diaryl/α,β-unsaturated/α-hetero) is 1. The minimum atomic E-state index is -1.11. The quantitative estimate of drug-likeness (QED) is 0.561. The first-order chi connectivity index (χ1) is 16.0. The summed E-state index contributed by atoms with van der Waals surface area (Å²) in [6.07, 6.45) is 1.34. The van der Waals surface area contributed by atoms with Crippen LogP contribution in [0.1, 0.15) is 35.0 Å². The summed E-state index contributed by atoms with van der Waals surface area (Å²) in [5, 5.41) is 11.4. The van der Waals surface area contributed by atoms with Gasteiger partial charge in [0.25, 0.3) is 5.91 Å². The third kappa shape index (κ3) is 3.56. The van der Waals surface area contributed by atoms with Gasteiger partial charge in [0, 0.05) is 24.1 Å². The lowest BCUT2D eigenvalue weighted by Crippen LogP contribution is -2.37. The molecule has 0 saturated carbocycles. The zero-order valence-electron chi connectivity index (χ0n) is 17.9. The molecule has 8 heteroatoms. The summed E-state index contributed by atoms with van der Waals surface area (Å²) in [5.74, 6) is -2.36. The molecule has 5 rings (SSSR count). The number of aliphatic hydroxyl groups is 1. The molecule has 170 valence electrons. The van der Waals surface area contributed by atoms with E-state index in [1.54, 1.807) is 24.3 Å². The van der Waals surface area contributed by atoms with E-state index in [9.17, 15) is 19.1 Å². The van der Waals surface area contributed by atoms with E-state index in [1.807, 2.05) is 0 Å². The van der Waals surface area contributed by atoms with Gasteiger partial charge in [-0.05, 0) is 31.0 Å². The lowest BCUT2D eigenvalue weighted by atomic mass is 9.94. The molecule has 2 aliphatic heterocycles. The molecule has 3 heterocycles. The molecular formula is C25H22FNO6. The number of aliphatic hydroxyl groups excluding tert-OH is 1. The summed E-state index contributed by atoms with van der Waals surface area (Å²) < 4.78 is 31.6. The number of nitrogens with zero attached hydrogens (tertiary/aromatic N) is 1. The third-order valence-electron chi connectivity index (χ3n) is 6.12. The van der Waals surface area contributed by atoms with Crippen molar-refractivity contribution in [3.8, 4) is 5.75 Å². The van der Waals surface area contributed by atoms with Crippen molar-refractivity contribution in [2.24, 2.45) is 0 Å². The number of rotatable bonds is 6. The molecule has 7 nitrogen and oxygen atoms in total. The van der Waals surface area contributed by atoms with Crippen molar-refractivity contribution in [1.29, 1.82) is 0 Å². The number of hydrogen-bond donors (Lipinski definition) is 1. The Balaban J connectivity index is 1.60. The Morgan fingerprint density at radius 3 is 2.79 bits per heavy atom. The van der Waals surface area contributed by atoms with Gasteiger partial charge in [0.15, 0.2) is 22.9 Å². The van der Waals surface area contributed by atoms with Crippen molar-refractivity contribution in [2.75, 3.05) is 20.3 Å². The fourth-order valence-electron chi connectivity index (χ4n) is 4.54. The standard InChI is InChI=1S/C25H22FNO6/c1-31-18-10-4-6-14-12-19(33-24(14)18)22(28)20-21(16-8-2-3-9-17(16)26)27(25(30)23(20)29)13-15-7-5-11-32-15/h2-4,6,8-10,12,15,21,29H,5,7,11,13H2,1H3. The largest absolute Gasteiger partial charge is 0.503 e. The molecule has 1 fully saturated rings. The van der Waals surface area contributed by atoms with E-state index in [-0.39, 0.29) is 29.5 Å². The van der Waals surface area contributed by atoms with Crippen LogP contribution in [0.2, 0.25) is 0 Å². The van der Waals surface area contributed by atoms with Gasteiger partial charge in [-0.2, -0.15) is 0 Å². The van der Waals surface area contributed by atoms with E-state index in [0.717, 1.165) is 12.8 Å². The molecule has 0 aliphatic carbocycles. The molecule has 0 spiro atoms. The molecule has 2 aromatic carbocycles. The Hall–Kier alpha value is -3.65. The molecule has 2 atom stereocenters. The van der Waals surface area contributed by atoms with Crippen molar-refractivity contribution in [3.05, 3.63) is 77.0 Å². The topological polar surface area (TPSA) is 89.2 Å². The molecule has 0 bridgehead atoms. The molecule has 33 heavy (non-hydrogen) atoms. The van der Waals surface area contributed by atoms with Gasteiger partial charge in [0.05, 0.1) is 24.8 Å². The number of halogens is 1. The lowest BCUT2D eigenvalue weighted by molar-refractivity contribution is -0.131. The van der Waals surface area contributed by atoms with Gasteiger partial charge in [-0.1, -0.05) is 30.3 Å². The van der Waals surface area contributed by atoms with Crippen molar-refractivity contribution in [1.82, 2.24) is 4.90 Å². The zero-order valence-corrected chi connectivity index (χ0v) is 17.9. The van der Waals surface area contributed by atoms with Crippen molar-refractivity contribution in [2.45, 2.75) is 25.0 Å². The zero-order chi connectivity index (χ0) is 23.1. The second-order valence-corrected chi connectivity index (χ2v) is 8.10. The molecule has 2 unspecified atom stereocenters. The van der Waals surface area contributed by atoms with Crippen LogP contribution < -0.4 is 4.74 Å². The predicted molar refractivity (Wildman–Crippen MR) is 117 cm³/mol. The average Bonchev–Trinajstić information content (AvgIpc) is 3.54. The number of para-hydroxylation sites is 1. The van der Waals surface area contributed by atoms with Crippen LogP contribution >= 0.6 is 0 Å².